The molecule has 0 aliphatic rings. The van der Waals surface area contributed by atoms with Crippen molar-refractivity contribution in [3.63, 3.8) is 0 Å². The van der Waals surface area contributed by atoms with Gasteiger partial charge >= 0.3 is 0 Å². The van der Waals surface area contributed by atoms with Crippen LogP contribution in [0, 0.1) is 0 Å². The van der Waals surface area contributed by atoms with E-state index in [1.165, 1.54) is 5.56 Å². The smallest absolute Gasteiger partial charge is 0.255 e. The number of amides is 2. The molecule has 0 aromatic heterocycles. The van der Waals surface area contributed by atoms with Crippen molar-refractivity contribution >= 4 is 17.5 Å². The Morgan fingerprint density at radius 1 is 0.828 bits per heavy atom. The summed E-state index contributed by atoms with van der Waals surface area (Å²) in [4.78, 5) is 23.5. The predicted octanol–water partition coefficient (Wildman–Crippen LogP) is 3.98. The maximum Gasteiger partial charge on any atom is 0.255 e. The Morgan fingerprint density at radius 3 is 2.24 bits per heavy atom. The molecule has 0 unspecified atom stereocenters. The number of carbonyl (C=O) groups excluding carboxylic acids is 2. The number of rotatable bonds is 9. The van der Waals surface area contributed by atoms with Gasteiger partial charge in [0.2, 0.25) is 5.91 Å². The van der Waals surface area contributed by atoms with Gasteiger partial charge in [0.15, 0.2) is 0 Å². The van der Waals surface area contributed by atoms with Gasteiger partial charge in [0.1, 0.15) is 5.75 Å². The van der Waals surface area contributed by atoms with Crippen LogP contribution < -0.4 is 15.8 Å². The van der Waals surface area contributed by atoms with Crippen LogP contribution in [0.2, 0.25) is 0 Å². The Hall–Kier alpha value is -3.60. The second-order valence-electron chi connectivity index (χ2n) is 6.69. The molecule has 0 atom stereocenters. The van der Waals surface area contributed by atoms with Gasteiger partial charge in [0.05, 0.1) is 13.0 Å². The van der Waals surface area contributed by atoms with Crippen LogP contribution in [0.4, 0.5) is 5.69 Å². The molecule has 0 saturated heterocycles. The third kappa shape index (κ3) is 6.21. The summed E-state index contributed by atoms with van der Waals surface area (Å²) in [5, 5.41) is 2.93. The van der Waals surface area contributed by atoms with Crippen LogP contribution in [0.1, 0.15) is 27.9 Å². The highest BCUT2D eigenvalue weighted by atomic mass is 16.5. The van der Waals surface area contributed by atoms with E-state index in [2.05, 4.69) is 17.4 Å². The standard InChI is InChI=1S/C24H24N2O3/c25-23(27)16-17-29-21-14-12-20(13-15-21)26-24(28)22-9-5-4-8-19(22)11-10-18-6-2-1-3-7-18/h1-9,12-15H,10-11,16-17H2,(H2,25,27)(H,26,28). The highest BCUT2D eigenvalue weighted by Crippen LogP contribution is 2.18. The number of carbonyl (C=O) groups is 2. The largest absolute Gasteiger partial charge is 0.493 e. The summed E-state index contributed by atoms with van der Waals surface area (Å²) in [6.45, 7) is 0.232. The van der Waals surface area contributed by atoms with Crippen LogP contribution in [0.5, 0.6) is 5.75 Å². The first-order chi connectivity index (χ1) is 14.1. The van der Waals surface area contributed by atoms with Crippen LogP contribution in [-0.4, -0.2) is 18.4 Å². The monoisotopic (exact) mass is 388 g/mol. The summed E-state index contributed by atoms with van der Waals surface area (Å²) < 4.78 is 5.44. The van der Waals surface area contributed by atoms with Crippen LogP contribution in [0.3, 0.4) is 0 Å². The van der Waals surface area contributed by atoms with E-state index in [9.17, 15) is 9.59 Å². The molecule has 0 saturated carbocycles. The predicted molar refractivity (Wildman–Crippen MR) is 114 cm³/mol. The maximum absolute atomic E-state index is 12.8. The summed E-state index contributed by atoms with van der Waals surface area (Å²) in [6.07, 6.45) is 1.83. The highest BCUT2D eigenvalue weighted by Gasteiger charge is 2.11. The summed E-state index contributed by atoms with van der Waals surface area (Å²) in [5.74, 6) is 0.0726. The Balaban J connectivity index is 1.61. The lowest BCUT2D eigenvalue weighted by Crippen LogP contribution is -2.15. The Morgan fingerprint density at radius 2 is 1.52 bits per heavy atom. The van der Waals surface area contributed by atoms with Gasteiger partial charge in [-0.2, -0.15) is 0 Å². The second-order valence-corrected chi connectivity index (χ2v) is 6.69. The van der Waals surface area contributed by atoms with Gasteiger partial charge in [-0.1, -0.05) is 48.5 Å². The number of primary amides is 1. The maximum atomic E-state index is 12.8. The molecule has 0 fully saturated rings. The van der Waals surface area contributed by atoms with E-state index in [4.69, 9.17) is 10.5 Å². The van der Waals surface area contributed by atoms with Gasteiger partial charge < -0.3 is 15.8 Å². The van der Waals surface area contributed by atoms with Gasteiger partial charge in [-0.25, -0.2) is 0 Å². The van der Waals surface area contributed by atoms with E-state index >= 15 is 0 Å². The van der Waals surface area contributed by atoms with Crippen molar-refractivity contribution in [1.29, 1.82) is 0 Å². The molecule has 148 valence electrons. The van der Waals surface area contributed by atoms with Crippen molar-refractivity contribution in [2.45, 2.75) is 19.3 Å². The van der Waals surface area contributed by atoms with Crippen molar-refractivity contribution in [1.82, 2.24) is 0 Å². The van der Waals surface area contributed by atoms with Crippen molar-refractivity contribution in [3.05, 3.63) is 95.6 Å². The number of hydrogen-bond donors (Lipinski definition) is 2. The molecule has 0 heterocycles. The minimum atomic E-state index is -0.403. The van der Waals surface area contributed by atoms with Crippen molar-refractivity contribution in [3.8, 4) is 5.75 Å². The zero-order valence-electron chi connectivity index (χ0n) is 16.1. The Kier molecular flexibility index (Phi) is 7.00. The van der Waals surface area contributed by atoms with E-state index in [1.54, 1.807) is 24.3 Å². The SMILES string of the molecule is NC(=O)CCOc1ccc(NC(=O)c2ccccc2CCc2ccccc2)cc1. The molecular weight excluding hydrogens is 364 g/mol. The summed E-state index contributed by atoms with van der Waals surface area (Å²) >= 11 is 0. The lowest BCUT2D eigenvalue weighted by atomic mass is 9.99. The third-order valence-electron chi connectivity index (χ3n) is 4.52. The van der Waals surface area contributed by atoms with Gasteiger partial charge in [-0.05, 0) is 54.3 Å². The number of benzene rings is 3. The molecule has 2 amide bonds. The fourth-order valence-electron chi connectivity index (χ4n) is 2.99. The van der Waals surface area contributed by atoms with Gasteiger partial charge in [-0.15, -0.1) is 0 Å². The van der Waals surface area contributed by atoms with Crippen molar-refractivity contribution in [2.24, 2.45) is 5.73 Å². The molecule has 5 nitrogen and oxygen atoms in total. The minimum Gasteiger partial charge on any atom is -0.493 e. The molecule has 0 aliphatic carbocycles. The van der Waals surface area contributed by atoms with Gasteiger partial charge in [0.25, 0.3) is 5.91 Å². The van der Waals surface area contributed by atoms with E-state index in [0.717, 1.165) is 18.4 Å². The van der Waals surface area contributed by atoms with Crippen LogP contribution in [0.25, 0.3) is 0 Å². The molecule has 3 N–H and O–H groups in total. The Bertz CT molecular complexity index is 953. The number of aryl methyl sites for hydroxylation is 2. The van der Waals surface area contributed by atoms with E-state index < -0.39 is 5.91 Å². The normalized spacial score (nSPS) is 10.3. The molecule has 0 radical (unpaired) electrons. The first kappa shape index (κ1) is 20.1. The summed E-state index contributed by atoms with van der Waals surface area (Å²) in [5.41, 5.74) is 8.70. The molecule has 0 bridgehead atoms. The molecule has 0 spiro atoms. The molecule has 0 aliphatic heterocycles. The van der Waals surface area contributed by atoms with Crippen molar-refractivity contribution < 1.29 is 14.3 Å². The van der Waals surface area contributed by atoms with Crippen LogP contribution in [-0.2, 0) is 17.6 Å². The average Bonchev–Trinajstić information content (AvgIpc) is 2.74. The number of anilines is 1. The number of hydrogen-bond acceptors (Lipinski definition) is 3. The fraction of sp³-hybridized carbons (Fsp3) is 0.167. The van der Waals surface area contributed by atoms with Crippen molar-refractivity contribution in [2.75, 3.05) is 11.9 Å². The Labute approximate surface area is 170 Å². The number of nitrogens with one attached hydrogen (secondary N) is 1. The second kappa shape index (κ2) is 10.1. The third-order valence-corrected chi connectivity index (χ3v) is 4.52. The van der Waals surface area contributed by atoms with E-state index in [1.807, 2.05) is 42.5 Å². The quantitative estimate of drug-likeness (QED) is 0.582. The number of ether oxygens (including phenoxy) is 1. The van der Waals surface area contributed by atoms with Gasteiger partial charge in [0, 0.05) is 11.3 Å². The van der Waals surface area contributed by atoms with Crippen LogP contribution in [0.15, 0.2) is 78.9 Å². The molecule has 29 heavy (non-hydrogen) atoms. The van der Waals surface area contributed by atoms with Gasteiger partial charge in [-0.3, -0.25) is 9.59 Å². The zero-order valence-corrected chi connectivity index (χ0v) is 16.1. The topological polar surface area (TPSA) is 81.4 Å². The summed E-state index contributed by atoms with van der Waals surface area (Å²) in [6, 6.07) is 24.9. The summed E-state index contributed by atoms with van der Waals surface area (Å²) in [7, 11) is 0. The minimum absolute atomic E-state index is 0.143. The zero-order chi connectivity index (χ0) is 20.5. The molecular formula is C24H24N2O3. The molecule has 3 aromatic carbocycles. The lowest BCUT2D eigenvalue weighted by molar-refractivity contribution is -0.118. The van der Waals surface area contributed by atoms with E-state index in [0.29, 0.717) is 17.0 Å². The lowest BCUT2D eigenvalue weighted by Gasteiger charge is -2.11. The molecule has 3 aromatic rings. The first-order valence-corrected chi connectivity index (χ1v) is 9.56. The van der Waals surface area contributed by atoms with Crippen LogP contribution >= 0.6 is 0 Å². The van der Waals surface area contributed by atoms with E-state index in [-0.39, 0.29) is 18.9 Å². The average molecular weight is 388 g/mol. The molecule has 5 heteroatoms. The number of nitrogens with two attached hydrogens (primary N) is 1. The molecule has 3 rings (SSSR count). The first-order valence-electron chi connectivity index (χ1n) is 9.56. The highest BCUT2D eigenvalue weighted by molar-refractivity contribution is 6.05. The fourth-order valence-corrected chi connectivity index (χ4v) is 2.99.